The third kappa shape index (κ3) is 2.29. The van der Waals surface area contributed by atoms with Crippen molar-refractivity contribution in [2.75, 3.05) is 18.1 Å². The minimum absolute atomic E-state index is 0.0912. The molecule has 0 bridgehead atoms. The lowest BCUT2D eigenvalue weighted by Crippen LogP contribution is -2.39. The van der Waals surface area contributed by atoms with E-state index in [0.29, 0.717) is 6.04 Å². The Morgan fingerprint density at radius 2 is 2.40 bits per heavy atom. The normalized spacial score (nSPS) is 21.9. The molecule has 4 nitrogen and oxygen atoms in total. The van der Waals surface area contributed by atoms with Crippen molar-refractivity contribution in [2.45, 2.75) is 19.4 Å². The number of aryl methyl sites for hydroxylation is 1. The molecule has 0 amide bonds. The van der Waals surface area contributed by atoms with Crippen LogP contribution in [0, 0.1) is 6.92 Å². The maximum atomic E-state index is 11.5. The fourth-order valence-corrected chi connectivity index (χ4v) is 2.86. The van der Waals surface area contributed by atoms with Gasteiger partial charge in [-0.15, -0.1) is 0 Å². The maximum absolute atomic E-state index is 11.5. The first-order valence-electron chi connectivity index (χ1n) is 5.24. The molecule has 1 unspecified atom stereocenters. The van der Waals surface area contributed by atoms with Gasteiger partial charge in [0.25, 0.3) is 5.56 Å². The van der Waals surface area contributed by atoms with Gasteiger partial charge in [0.05, 0.1) is 0 Å². The van der Waals surface area contributed by atoms with Crippen molar-refractivity contribution in [3.8, 4) is 0 Å². The van der Waals surface area contributed by atoms with Crippen LogP contribution in [0.5, 0.6) is 0 Å². The average Bonchev–Trinajstić information content (AvgIpc) is 2.48. The van der Waals surface area contributed by atoms with Crippen molar-refractivity contribution < 1.29 is 0 Å². The fourth-order valence-electron chi connectivity index (χ4n) is 1.91. The summed E-state index contributed by atoms with van der Waals surface area (Å²) >= 11 is 1.98. The van der Waals surface area contributed by atoms with Crippen molar-refractivity contribution in [1.29, 1.82) is 0 Å². The molecule has 0 aromatic carbocycles. The zero-order chi connectivity index (χ0) is 10.8. The summed E-state index contributed by atoms with van der Waals surface area (Å²) in [6.07, 6.45) is 0.926. The van der Waals surface area contributed by atoms with Crippen molar-refractivity contribution in [2.24, 2.45) is 7.05 Å². The van der Waals surface area contributed by atoms with Gasteiger partial charge in [0.1, 0.15) is 0 Å². The van der Waals surface area contributed by atoms with E-state index in [2.05, 4.69) is 10.4 Å². The SMILES string of the molecule is Cc1c(CC2CSCCN2)[nH]n(C)c1=O. The number of hydrogen-bond donors (Lipinski definition) is 2. The van der Waals surface area contributed by atoms with E-state index in [1.165, 1.54) is 5.75 Å². The highest BCUT2D eigenvalue weighted by Crippen LogP contribution is 2.12. The lowest BCUT2D eigenvalue weighted by molar-refractivity contribution is 0.551. The van der Waals surface area contributed by atoms with Gasteiger partial charge in [-0.2, -0.15) is 11.8 Å². The monoisotopic (exact) mass is 227 g/mol. The Hall–Kier alpha value is -0.680. The Morgan fingerprint density at radius 1 is 1.60 bits per heavy atom. The van der Waals surface area contributed by atoms with Crippen LogP contribution in [0.25, 0.3) is 0 Å². The molecule has 1 aromatic rings. The van der Waals surface area contributed by atoms with Crippen molar-refractivity contribution >= 4 is 11.8 Å². The summed E-state index contributed by atoms with van der Waals surface area (Å²) in [5.74, 6) is 2.33. The Kier molecular flexibility index (Phi) is 3.21. The molecule has 1 saturated heterocycles. The summed E-state index contributed by atoms with van der Waals surface area (Å²) in [6, 6.07) is 0.500. The first-order valence-corrected chi connectivity index (χ1v) is 6.39. The molecule has 2 heterocycles. The standard InChI is InChI=1S/C10H17N3OS/c1-7-9(12-13(2)10(7)14)5-8-6-15-4-3-11-8/h8,11-12H,3-6H2,1-2H3. The third-order valence-corrected chi connectivity index (χ3v) is 3.96. The maximum Gasteiger partial charge on any atom is 0.269 e. The number of nitrogens with one attached hydrogen (secondary N) is 2. The zero-order valence-corrected chi connectivity index (χ0v) is 9.99. The molecule has 2 rings (SSSR count). The molecule has 0 aliphatic carbocycles. The highest BCUT2D eigenvalue weighted by Gasteiger charge is 2.16. The highest BCUT2D eigenvalue weighted by atomic mass is 32.2. The highest BCUT2D eigenvalue weighted by molar-refractivity contribution is 7.99. The summed E-state index contributed by atoms with van der Waals surface area (Å²) in [6.45, 7) is 2.97. The van der Waals surface area contributed by atoms with Crippen molar-refractivity contribution in [3.63, 3.8) is 0 Å². The number of hydrogen-bond acceptors (Lipinski definition) is 3. The minimum atomic E-state index is 0.0912. The summed E-state index contributed by atoms with van der Waals surface area (Å²) in [5, 5.41) is 6.59. The number of aromatic nitrogens is 2. The summed E-state index contributed by atoms with van der Waals surface area (Å²) < 4.78 is 1.56. The number of rotatable bonds is 2. The second-order valence-electron chi connectivity index (χ2n) is 4.01. The molecule has 1 atom stereocenters. The Bertz CT molecular complexity index is 390. The van der Waals surface area contributed by atoms with Gasteiger partial charge in [-0.05, 0) is 6.92 Å². The van der Waals surface area contributed by atoms with Crippen LogP contribution in [-0.2, 0) is 13.5 Å². The van der Waals surface area contributed by atoms with Crippen LogP contribution in [0.4, 0.5) is 0 Å². The molecule has 0 radical (unpaired) electrons. The molecule has 5 heteroatoms. The number of aromatic amines is 1. The van der Waals surface area contributed by atoms with Crippen LogP contribution < -0.4 is 10.9 Å². The average molecular weight is 227 g/mol. The van der Waals surface area contributed by atoms with Crippen LogP contribution in [-0.4, -0.2) is 33.9 Å². The molecule has 15 heavy (non-hydrogen) atoms. The minimum Gasteiger partial charge on any atom is -0.312 e. The van der Waals surface area contributed by atoms with E-state index in [1.54, 1.807) is 11.7 Å². The van der Waals surface area contributed by atoms with E-state index in [1.807, 2.05) is 18.7 Å². The van der Waals surface area contributed by atoms with Crippen LogP contribution in [0.15, 0.2) is 4.79 Å². The molecule has 1 aliphatic heterocycles. The molecule has 1 aliphatic rings. The van der Waals surface area contributed by atoms with E-state index >= 15 is 0 Å². The number of H-pyrrole nitrogens is 1. The molecular formula is C10H17N3OS. The van der Waals surface area contributed by atoms with E-state index in [9.17, 15) is 4.79 Å². The molecule has 1 fully saturated rings. The fraction of sp³-hybridized carbons (Fsp3) is 0.700. The van der Waals surface area contributed by atoms with E-state index < -0.39 is 0 Å². The quantitative estimate of drug-likeness (QED) is 0.762. The molecule has 2 N–H and O–H groups in total. The molecule has 0 saturated carbocycles. The zero-order valence-electron chi connectivity index (χ0n) is 9.17. The van der Waals surface area contributed by atoms with E-state index in [4.69, 9.17) is 0 Å². The number of thioether (sulfide) groups is 1. The predicted octanol–water partition coefficient (Wildman–Crippen LogP) is 0.269. The van der Waals surface area contributed by atoms with Crippen molar-refractivity contribution in [1.82, 2.24) is 15.1 Å². The van der Waals surface area contributed by atoms with E-state index in [-0.39, 0.29) is 5.56 Å². The van der Waals surface area contributed by atoms with Crippen LogP contribution >= 0.6 is 11.8 Å². The van der Waals surface area contributed by atoms with E-state index in [0.717, 1.165) is 30.0 Å². The molecule has 84 valence electrons. The van der Waals surface area contributed by atoms with Gasteiger partial charge >= 0.3 is 0 Å². The molecule has 0 spiro atoms. The Labute approximate surface area is 93.4 Å². The smallest absolute Gasteiger partial charge is 0.269 e. The van der Waals surface area contributed by atoms with Gasteiger partial charge in [0.2, 0.25) is 0 Å². The molecule has 1 aromatic heterocycles. The van der Waals surface area contributed by atoms with Gasteiger partial charge in [-0.3, -0.25) is 14.6 Å². The Morgan fingerprint density at radius 3 is 2.93 bits per heavy atom. The summed E-state index contributed by atoms with van der Waals surface area (Å²) in [7, 11) is 1.77. The second kappa shape index (κ2) is 4.45. The van der Waals surface area contributed by atoms with Gasteiger partial charge in [-0.1, -0.05) is 0 Å². The first kappa shape index (κ1) is 10.8. The van der Waals surface area contributed by atoms with Crippen LogP contribution in [0.1, 0.15) is 11.3 Å². The van der Waals surface area contributed by atoms with Gasteiger partial charge in [0, 0.05) is 48.8 Å². The lowest BCUT2D eigenvalue weighted by atomic mass is 10.1. The first-order chi connectivity index (χ1) is 7.18. The van der Waals surface area contributed by atoms with Gasteiger partial charge in [0.15, 0.2) is 0 Å². The largest absolute Gasteiger partial charge is 0.312 e. The second-order valence-corrected chi connectivity index (χ2v) is 5.16. The summed E-state index contributed by atoms with van der Waals surface area (Å²) in [4.78, 5) is 11.5. The number of nitrogens with zero attached hydrogens (tertiary/aromatic N) is 1. The van der Waals surface area contributed by atoms with Crippen LogP contribution in [0.2, 0.25) is 0 Å². The predicted molar refractivity (Wildman–Crippen MR) is 63.6 cm³/mol. The van der Waals surface area contributed by atoms with Crippen molar-refractivity contribution in [3.05, 3.63) is 21.6 Å². The van der Waals surface area contributed by atoms with Gasteiger partial charge in [-0.25, -0.2) is 0 Å². The lowest BCUT2D eigenvalue weighted by Gasteiger charge is -2.22. The topological polar surface area (TPSA) is 49.8 Å². The third-order valence-electron chi connectivity index (χ3n) is 2.83. The van der Waals surface area contributed by atoms with Crippen LogP contribution in [0.3, 0.4) is 0 Å². The summed E-state index contributed by atoms with van der Waals surface area (Å²) in [5.41, 5.74) is 2.02. The van der Waals surface area contributed by atoms with Gasteiger partial charge < -0.3 is 5.32 Å². The Balaban J connectivity index is 2.09. The molecular weight excluding hydrogens is 210 g/mol.